The molecule has 1 aromatic rings. The minimum Gasteiger partial charge on any atom is -0.465 e. The normalized spacial score (nSPS) is 20.7. The standard InChI is InChI=1S/C12H12ClNO4/c1-7(8-3-2-4-9(13)5-8)10-11(15)18-6-14(10)12(16)17/h2-5,7,10H,6H2,1H3,(H,16,17). The summed E-state index contributed by atoms with van der Waals surface area (Å²) in [5.41, 5.74) is 0.803. The molecule has 6 heteroatoms. The van der Waals surface area contributed by atoms with E-state index in [1.165, 1.54) is 0 Å². The van der Waals surface area contributed by atoms with Crippen molar-refractivity contribution in [1.82, 2.24) is 4.90 Å². The fraction of sp³-hybridized carbons (Fsp3) is 0.333. The molecule has 1 fully saturated rings. The number of amides is 1. The average Bonchev–Trinajstić information content (AvgIpc) is 2.70. The number of ether oxygens (including phenoxy) is 1. The summed E-state index contributed by atoms with van der Waals surface area (Å²) in [6.45, 7) is 1.56. The molecule has 1 heterocycles. The Kier molecular flexibility index (Phi) is 3.43. The predicted octanol–water partition coefficient (Wildman–Crippen LogP) is 2.31. The number of halogens is 1. The van der Waals surface area contributed by atoms with Gasteiger partial charge in [0.05, 0.1) is 0 Å². The van der Waals surface area contributed by atoms with Crippen LogP contribution in [0.2, 0.25) is 5.02 Å². The van der Waals surface area contributed by atoms with Crippen molar-refractivity contribution in [2.24, 2.45) is 0 Å². The van der Waals surface area contributed by atoms with E-state index in [2.05, 4.69) is 0 Å². The Morgan fingerprint density at radius 3 is 2.94 bits per heavy atom. The number of carbonyl (C=O) groups is 2. The lowest BCUT2D eigenvalue weighted by Gasteiger charge is -2.23. The fourth-order valence-corrected chi connectivity index (χ4v) is 2.25. The van der Waals surface area contributed by atoms with Gasteiger partial charge in [-0.1, -0.05) is 30.7 Å². The van der Waals surface area contributed by atoms with Crippen LogP contribution in [0.5, 0.6) is 0 Å². The zero-order valence-electron chi connectivity index (χ0n) is 9.67. The second-order valence-corrected chi connectivity index (χ2v) is 4.57. The van der Waals surface area contributed by atoms with Crippen LogP contribution in [0, 0.1) is 0 Å². The maximum atomic E-state index is 11.6. The third-order valence-corrected chi connectivity index (χ3v) is 3.25. The second kappa shape index (κ2) is 4.86. The third kappa shape index (κ3) is 2.26. The van der Waals surface area contributed by atoms with Crippen molar-refractivity contribution in [3.05, 3.63) is 34.9 Å². The van der Waals surface area contributed by atoms with Gasteiger partial charge in [-0.05, 0) is 17.7 Å². The van der Waals surface area contributed by atoms with E-state index in [0.717, 1.165) is 10.5 Å². The summed E-state index contributed by atoms with van der Waals surface area (Å²) < 4.78 is 4.79. The highest BCUT2D eigenvalue weighted by atomic mass is 35.5. The third-order valence-electron chi connectivity index (χ3n) is 3.02. The molecule has 1 aliphatic rings. The molecule has 96 valence electrons. The molecular formula is C12H12ClNO4. The Balaban J connectivity index is 2.29. The number of rotatable bonds is 2. The van der Waals surface area contributed by atoms with Gasteiger partial charge in [-0.15, -0.1) is 0 Å². The molecule has 0 radical (unpaired) electrons. The van der Waals surface area contributed by atoms with E-state index in [-0.39, 0.29) is 12.6 Å². The van der Waals surface area contributed by atoms with Crippen molar-refractivity contribution in [2.75, 3.05) is 6.73 Å². The van der Waals surface area contributed by atoms with E-state index < -0.39 is 18.1 Å². The van der Waals surface area contributed by atoms with Crippen LogP contribution in [0.1, 0.15) is 18.4 Å². The molecule has 0 aliphatic carbocycles. The van der Waals surface area contributed by atoms with Crippen LogP contribution in [0.4, 0.5) is 4.79 Å². The molecule has 1 saturated heterocycles. The lowest BCUT2D eigenvalue weighted by atomic mass is 9.93. The molecule has 0 aromatic heterocycles. The van der Waals surface area contributed by atoms with Gasteiger partial charge in [0.25, 0.3) is 0 Å². The van der Waals surface area contributed by atoms with E-state index >= 15 is 0 Å². The Hall–Kier alpha value is -1.75. The summed E-state index contributed by atoms with van der Waals surface area (Å²) in [6.07, 6.45) is -1.17. The molecule has 2 rings (SSSR count). The number of carboxylic acid groups (broad SMARTS) is 1. The first-order valence-corrected chi connectivity index (χ1v) is 5.80. The molecular weight excluding hydrogens is 258 g/mol. The highest BCUT2D eigenvalue weighted by Gasteiger charge is 2.42. The van der Waals surface area contributed by atoms with Crippen molar-refractivity contribution in [1.29, 1.82) is 0 Å². The molecule has 1 aliphatic heterocycles. The van der Waals surface area contributed by atoms with Gasteiger partial charge < -0.3 is 9.84 Å². The molecule has 5 nitrogen and oxygen atoms in total. The maximum absolute atomic E-state index is 11.6. The molecule has 1 N–H and O–H groups in total. The van der Waals surface area contributed by atoms with E-state index in [4.69, 9.17) is 21.4 Å². The number of esters is 1. The molecule has 1 aromatic carbocycles. The highest BCUT2D eigenvalue weighted by Crippen LogP contribution is 2.29. The van der Waals surface area contributed by atoms with Crippen molar-refractivity contribution in [2.45, 2.75) is 18.9 Å². The van der Waals surface area contributed by atoms with Gasteiger partial charge >= 0.3 is 12.1 Å². The van der Waals surface area contributed by atoms with Crippen molar-refractivity contribution >= 4 is 23.7 Å². The summed E-state index contributed by atoms with van der Waals surface area (Å²) >= 11 is 5.88. The quantitative estimate of drug-likeness (QED) is 0.837. The van der Waals surface area contributed by atoms with Gasteiger partial charge in [-0.2, -0.15) is 0 Å². The second-order valence-electron chi connectivity index (χ2n) is 4.13. The molecule has 0 spiro atoms. The summed E-state index contributed by atoms with van der Waals surface area (Å²) in [4.78, 5) is 23.7. The lowest BCUT2D eigenvalue weighted by molar-refractivity contribution is -0.139. The smallest absolute Gasteiger partial charge is 0.410 e. The number of hydrogen-bond donors (Lipinski definition) is 1. The first-order valence-electron chi connectivity index (χ1n) is 5.42. The van der Waals surface area contributed by atoms with Crippen LogP contribution < -0.4 is 0 Å². The van der Waals surface area contributed by atoms with Gasteiger partial charge in [0.1, 0.15) is 6.04 Å². The summed E-state index contributed by atoms with van der Waals surface area (Å²) in [7, 11) is 0. The molecule has 1 amide bonds. The number of cyclic esters (lactones) is 1. The van der Waals surface area contributed by atoms with Crippen LogP contribution in [0.25, 0.3) is 0 Å². The molecule has 2 unspecified atom stereocenters. The first kappa shape index (κ1) is 12.7. The predicted molar refractivity (Wildman–Crippen MR) is 64.5 cm³/mol. The van der Waals surface area contributed by atoms with Crippen LogP contribution >= 0.6 is 11.6 Å². The van der Waals surface area contributed by atoms with Gasteiger partial charge in [-0.25, -0.2) is 9.59 Å². The van der Waals surface area contributed by atoms with Gasteiger partial charge in [0.2, 0.25) is 0 Å². The molecule has 2 atom stereocenters. The van der Waals surface area contributed by atoms with Crippen LogP contribution in [0.3, 0.4) is 0 Å². The average molecular weight is 270 g/mol. The lowest BCUT2D eigenvalue weighted by Crippen LogP contribution is -2.40. The number of hydrogen-bond acceptors (Lipinski definition) is 3. The SMILES string of the molecule is CC(c1cccc(Cl)c1)C1C(=O)OCN1C(=O)O. The van der Waals surface area contributed by atoms with Crippen LogP contribution in [-0.2, 0) is 9.53 Å². The van der Waals surface area contributed by atoms with Crippen LogP contribution in [-0.4, -0.2) is 34.8 Å². The van der Waals surface area contributed by atoms with Gasteiger partial charge in [0.15, 0.2) is 6.73 Å². The summed E-state index contributed by atoms with van der Waals surface area (Å²) in [5, 5.41) is 9.57. The van der Waals surface area contributed by atoms with E-state index in [1.54, 1.807) is 25.1 Å². The van der Waals surface area contributed by atoms with Gasteiger partial charge in [0, 0.05) is 10.9 Å². The van der Waals surface area contributed by atoms with E-state index in [9.17, 15) is 9.59 Å². The zero-order chi connectivity index (χ0) is 13.3. The monoisotopic (exact) mass is 269 g/mol. The number of benzene rings is 1. The topological polar surface area (TPSA) is 66.8 Å². The van der Waals surface area contributed by atoms with E-state index in [1.807, 2.05) is 6.07 Å². The van der Waals surface area contributed by atoms with Crippen molar-refractivity contribution in [3.63, 3.8) is 0 Å². The highest BCUT2D eigenvalue weighted by molar-refractivity contribution is 6.30. The number of nitrogens with zero attached hydrogens (tertiary/aromatic N) is 1. The largest absolute Gasteiger partial charge is 0.465 e. The fourth-order valence-electron chi connectivity index (χ4n) is 2.05. The molecule has 0 saturated carbocycles. The molecule has 0 bridgehead atoms. The summed E-state index contributed by atoms with van der Waals surface area (Å²) in [6, 6.07) is 6.19. The summed E-state index contributed by atoms with van der Waals surface area (Å²) in [5.74, 6) is -0.834. The Morgan fingerprint density at radius 2 is 2.33 bits per heavy atom. The van der Waals surface area contributed by atoms with Crippen LogP contribution in [0.15, 0.2) is 24.3 Å². The Bertz CT molecular complexity index is 491. The first-order chi connectivity index (χ1) is 8.50. The van der Waals surface area contributed by atoms with Crippen molar-refractivity contribution < 1.29 is 19.4 Å². The Labute approximate surface area is 109 Å². The maximum Gasteiger partial charge on any atom is 0.410 e. The van der Waals surface area contributed by atoms with Gasteiger partial charge in [-0.3, -0.25) is 4.90 Å². The zero-order valence-corrected chi connectivity index (χ0v) is 10.4. The van der Waals surface area contributed by atoms with E-state index in [0.29, 0.717) is 5.02 Å². The number of carbonyl (C=O) groups excluding carboxylic acids is 1. The Morgan fingerprint density at radius 1 is 1.61 bits per heavy atom. The minimum atomic E-state index is -1.17. The van der Waals surface area contributed by atoms with Crippen molar-refractivity contribution in [3.8, 4) is 0 Å². The minimum absolute atomic E-state index is 0.219. The molecule has 18 heavy (non-hydrogen) atoms.